The number of benzene rings is 1. The van der Waals surface area contributed by atoms with E-state index in [1.165, 1.54) is 5.69 Å². The van der Waals surface area contributed by atoms with Crippen molar-refractivity contribution in [1.29, 1.82) is 0 Å². The molecule has 120 valence electrons. The van der Waals surface area contributed by atoms with Crippen molar-refractivity contribution >= 4 is 29.7 Å². The van der Waals surface area contributed by atoms with Crippen LogP contribution in [0.2, 0.25) is 5.02 Å². The number of piperazine rings is 1. The van der Waals surface area contributed by atoms with Crippen molar-refractivity contribution in [2.75, 3.05) is 44.2 Å². The van der Waals surface area contributed by atoms with Crippen molar-refractivity contribution in [3.8, 4) is 0 Å². The van der Waals surface area contributed by atoms with Gasteiger partial charge in [0.05, 0.1) is 6.10 Å². The van der Waals surface area contributed by atoms with Crippen LogP contribution >= 0.6 is 24.0 Å². The molecule has 1 fully saturated rings. The summed E-state index contributed by atoms with van der Waals surface area (Å²) in [7, 11) is 0. The summed E-state index contributed by atoms with van der Waals surface area (Å²) in [6.45, 7) is 10.6. The van der Waals surface area contributed by atoms with E-state index >= 15 is 0 Å². The molecule has 0 saturated carbocycles. The van der Waals surface area contributed by atoms with Crippen molar-refractivity contribution in [3.63, 3.8) is 0 Å². The highest BCUT2D eigenvalue weighted by molar-refractivity contribution is 6.30. The lowest BCUT2D eigenvalue weighted by Crippen LogP contribution is -2.46. The summed E-state index contributed by atoms with van der Waals surface area (Å²) < 4.78 is 5.58. The molecule has 2 rings (SSSR count). The van der Waals surface area contributed by atoms with Crippen LogP contribution in [0.1, 0.15) is 20.3 Å². The monoisotopic (exact) mass is 332 g/mol. The van der Waals surface area contributed by atoms with E-state index in [0.717, 1.165) is 50.8 Å². The Morgan fingerprint density at radius 2 is 1.90 bits per heavy atom. The molecule has 1 saturated heterocycles. The van der Waals surface area contributed by atoms with Gasteiger partial charge in [0.25, 0.3) is 0 Å². The van der Waals surface area contributed by atoms with E-state index in [9.17, 15) is 0 Å². The fraction of sp³-hybridized carbons (Fsp3) is 0.625. The summed E-state index contributed by atoms with van der Waals surface area (Å²) in [6.07, 6.45) is 1.46. The second kappa shape index (κ2) is 9.52. The van der Waals surface area contributed by atoms with E-state index in [1.807, 2.05) is 18.2 Å². The molecule has 0 aliphatic carbocycles. The van der Waals surface area contributed by atoms with Gasteiger partial charge in [0.2, 0.25) is 0 Å². The molecule has 0 N–H and O–H groups in total. The number of anilines is 1. The average Bonchev–Trinajstić information content (AvgIpc) is 2.44. The van der Waals surface area contributed by atoms with Crippen LogP contribution in [0.15, 0.2) is 24.3 Å². The van der Waals surface area contributed by atoms with Gasteiger partial charge in [0, 0.05) is 50.0 Å². The molecule has 0 aromatic heterocycles. The van der Waals surface area contributed by atoms with Gasteiger partial charge in [-0.05, 0) is 38.5 Å². The zero-order chi connectivity index (χ0) is 14.4. The van der Waals surface area contributed by atoms with Crippen molar-refractivity contribution in [1.82, 2.24) is 4.90 Å². The van der Waals surface area contributed by atoms with Crippen LogP contribution in [0.3, 0.4) is 0 Å². The third-order valence-corrected chi connectivity index (χ3v) is 3.85. The fourth-order valence-electron chi connectivity index (χ4n) is 2.51. The van der Waals surface area contributed by atoms with Gasteiger partial charge >= 0.3 is 0 Å². The number of rotatable bonds is 6. The van der Waals surface area contributed by atoms with Gasteiger partial charge in [0.15, 0.2) is 0 Å². The highest BCUT2D eigenvalue weighted by Crippen LogP contribution is 2.20. The first kappa shape index (κ1) is 18.6. The Balaban J connectivity index is 0.00000220. The highest BCUT2D eigenvalue weighted by Gasteiger charge is 2.16. The molecular weight excluding hydrogens is 307 g/mol. The third kappa shape index (κ3) is 6.43. The van der Waals surface area contributed by atoms with E-state index in [0.29, 0.717) is 6.10 Å². The van der Waals surface area contributed by atoms with Crippen molar-refractivity contribution in [2.24, 2.45) is 0 Å². The van der Waals surface area contributed by atoms with Crippen molar-refractivity contribution < 1.29 is 4.74 Å². The number of ether oxygens (including phenoxy) is 1. The maximum Gasteiger partial charge on any atom is 0.0518 e. The maximum absolute atomic E-state index is 6.05. The summed E-state index contributed by atoms with van der Waals surface area (Å²) in [5.74, 6) is 0. The number of hydrogen-bond donors (Lipinski definition) is 0. The van der Waals surface area contributed by atoms with Gasteiger partial charge < -0.3 is 9.64 Å². The van der Waals surface area contributed by atoms with E-state index in [-0.39, 0.29) is 12.4 Å². The van der Waals surface area contributed by atoms with Gasteiger partial charge in [-0.15, -0.1) is 12.4 Å². The Kier molecular flexibility index (Phi) is 8.42. The molecule has 1 aliphatic rings. The molecule has 0 atom stereocenters. The van der Waals surface area contributed by atoms with Gasteiger partial charge in [-0.25, -0.2) is 0 Å². The molecule has 0 radical (unpaired) electrons. The van der Waals surface area contributed by atoms with E-state index < -0.39 is 0 Å². The first-order chi connectivity index (χ1) is 9.65. The van der Waals surface area contributed by atoms with Crippen LogP contribution in [0.4, 0.5) is 5.69 Å². The minimum absolute atomic E-state index is 0. The van der Waals surface area contributed by atoms with Gasteiger partial charge in [-0.2, -0.15) is 0 Å². The lowest BCUT2D eigenvalue weighted by atomic mass is 10.2. The molecule has 5 heteroatoms. The average molecular weight is 333 g/mol. The van der Waals surface area contributed by atoms with Gasteiger partial charge in [-0.1, -0.05) is 17.7 Å². The van der Waals surface area contributed by atoms with Crippen LogP contribution in [0, 0.1) is 0 Å². The van der Waals surface area contributed by atoms with Crippen LogP contribution in [0.5, 0.6) is 0 Å². The van der Waals surface area contributed by atoms with Gasteiger partial charge in [0.1, 0.15) is 0 Å². The largest absolute Gasteiger partial charge is 0.379 e. The summed E-state index contributed by atoms with van der Waals surface area (Å²) in [6, 6.07) is 8.13. The molecule has 1 aliphatic heterocycles. The molecule has 1 aromatic rings. The predicted molar refractivity (Wildman–Crippen MR) is 93.1 cm³/mol. The molecule has 3 nitrogen and oxygen atoms in total. The Hall–Kier alpha value is -0.480. The quantitative estimate of drug-likeness (QED) is 0.739. The molecule has 0 unspecified atom stereocenters. The first-order valence-electron chi connectivity index (χ1n) is 7.49. The van der Waals surface area contributed by atoms with Crippen molar-refractivity contribution in [2.45, 2.75) is 26.4 Å². The Morgan fingerprint density at radius 3 is 2.52 bits per heavy atom. The van der Waals surface area contributed by atoms with Crippen LogP contribution < -0.4 is 4.90 Å². The predicted octanol–water partition coefficient (Wildman–Crippen LogP) is 3.70. The SMILES string of the molecule is CC(C)OCCCN1CCN(c2cccc(Cl)c2)CC1.Cl. The van der Waals surface area contributed by atoms with E-state index in [4.69, 9.17) is 16.3 Å². The smallest absolute Gasteiger partial charge is 0.0518 e. The molecule has 1 aromatic carbocycles. The third-order valence-electron chi connectivity index (χ3n) is 3.62. The first-order valence-corrected chi connectivity index (χ1v) is 7.87. The summed E-state index contributed by atoms with van der Waals surface area (Å²) in [5.41, 5.74) is 1.24. The molecule has 0 bridgehead atoms. The summed E-state index contributed by atoms with van der Waals surface area (Å²) in [5, 5.41) is 0.816. The Bertz CT molecular complexity index is 407. The molecular formula is C16H26Cl2N2O. The summed E-state index contributed by atoms with van der Waals surface area (Å²) in [4.78, 5) is 4.93. The van der Waals surface area contributed by atoms with Crippen LogP contribution in [-0.4, -0.2) is 50.3 Å². The van der Waals surface area contributed by atoms with E-state index in [1.54, 1.807) is 0 Å². The molecule has 21 heavy (non-hydrogen) atoms. The molecule has 0 spiro atoms. The molecule has 1 heterocycles. The minimum Gasteiger partial charge on any atom is -0.379 e. The number of nitrogens with zero attached hydrogens (tertiary/aromatic N) is 2. The normalized spacial score (nSPS) is 16.1. The lowest BCUT2D eigenvalue weighted by molar-refractivity contribution is 0.0701. The number of hydrogen-bond acceptors (Lipinski definition) is 3. The zero-order valence-corrected chi connectivity index (χ0v) is 14.5. The lowest BCUT2D eigenvalue weighted by Gasteiger charge is -2.36. The second-order valence-electron chi connectivity index (χ2n) is 5.58. The Morgan fingerprint density at radius 1 is 1.19 bits per heavy atom. The molecule has 0 amide bonds. The topological polar surface area (TPSA) is 15.7 Å². The van der Waals surface area contributed by atoms with Gasteiger partial charge in [-0.3, -0.25) is 4.90 Å². The van der Waals surface area contributed by atoms with Crippen LogP contribution in [0.25, 0.3) is 0 Å². The van der Waals surface area contributed by atoms with E-state index in [2.05, 4.69) is 29.7 Å². The maximum atomic E-state index is 6.05. The highest BCUT2D eigenvalue weighted by atomic mass is 35.5. The number of halogens is 2. The van der Waals surface area contributed by atoms with Crippen molar-refractivity contribution in [3.05, 3.63) is 29.3 Å². The zero-order valence-electron chi connectivity index (χ0n) is 12.9. The minimum atomic E-state index is 0. The standard InChI is InChI=1S/C16H25ClN2O.ClH/c1-14(2)20-12-4-7-18-8-10-19(11-9-18)16-6-3-5-15(17)13-16;/h3,5-6,13-14H,4,7-12H2,1-2H3;1H. The second-order valence-corrected chi connectivity index (χ2v) is 6.02. The Labute approximate surface area is 139 Å². The van der Waals surface area contributed by atoms with Crippen LogP contribution in [-0.2, 0) is 4.74 Å². The summed E-state index contributed by atoms with van der Waals surface area (Å²) >= 11 is 6.05. The fourth-order valence-corrected chi connectivity index (χ4v) is 2.69.